The molecule has 1 N–H and O–H groups in total. The van der Waals surface area contributed by atoms with Crippen molar-refractivity contribution in [2.24, 2.45) is 5.41 Å². The van der Waals surface area contributed by atoms with Crippen molar-refractivity contribution in [1.29, 1.82) is 0 Å². The zero-order chi connectivity index (χ0) is 11.9. The number of likely N-dealkylation sites (tertiary alicyclic amines) is 1. The number of hydrogen-bond donors (Lipinski definition) is 1. The van der Waals surface area contributed by atoms with Crippen LogP contribution in [0.3, 0.4) is 0 Å². The van der Waals surface area contributed by atoms with E-state index in [1.165, 1.54) is 25.7 Å². The Balaban J connectivity index is 1.51. The van der Waals surface area contributed by atoms with Gasteiger partial charge in [0.25, 0.3) is 0 Å². The van der Waals surface area contributed by atoms with Crippen molar-refractivity contribution in [2.45, 2.75) is 31.7 Å². The number of rotatable bonds is 3. The molecule has 3 fully saturated rings. The molecule has 1 amide bonds. The standard InChI is InChI=1S/C13H23N3O/c1-15(11-2-3-11)12(17)8-16-7-5-13(10-16)4-6-14-9-13/h11,14H,2-10H2,1H3. The third-order valence-electron chi connectivity index (χ3n) is 4.70. The van der Waals surface area contributed by atoms with Crippen LogP contribution in [-0.2, 0) is 4.79 Å². The molecule has 17 heavy (non-hydrogen) atoms. The van der Waals surface area contributed by atoms with Crippen LogP contribution in [0.25, 0.3) is 0 Å². The zero-order valence-electron chi connectivity index (χ0n) is 10.7. The van der Waals surface area contributed by atoms with Gasteiger partial charge in [0, 0.05) is 26.2 Å². The lowest BCUT2D eigenvalue weighted by Crippen LogP contribution is -2.39. The molecular weight excluding hydrogens is 214 g/mol. The van der Waals surface area contributed by atoms with E-state index in [1.54, 1.807) is 0 Å². The van der Waals surface area contributed by atoms with E-state index in [1.807, 2.05) is 11.9 Å². The van der Waals surface area contributed by atoms with Gasteiger partial charge in [0.15, 0.2) is 0 Å². The van der Waals surface area contributed by atoms with E-state index in [9.17, 15) is 4.79 Å². The summed E-state index contributed by atoms with van der Waals surface area (Å²) >= 11 is 0. The average molecular weight is 237 g/mol. The van der Waals surface area contributed by atoms with E-state index in [4.69, 9.17) is 0 Å². The highest BCUT2D eigenvalue weighted by Crippen LogP contribution is 2.36. The van der Waals surface area contributed by atoms with Crippen LogP contribution >= 0.6 is 0 Å². The highest BCUT2D eigenvalue weighted by atomic mass is 16.2. The molecule has 2 saturated heterocycles. The monoisotopic (exact) mass is 237 g/mol. The summed E-state index contributed by atoms with van der Waals surface area (Å²) in [7, 11) is 1.96. The molecule has 2 heterocycles. The van der Waals surface area contributed by atoms with Gasteiger partial charge < -0.3 is 10.2 Å². The fourth-order valence-electron chi connectivity index (χ4n) is 3.27. The summed E-state index contributed by atoms with van der Waals surface area (Å²) < 4.78 is 0. The number of carbonyl (C=O) groups excluding carboxylic acids is 1. The first-order valence-electron chi connectivity index (χ1n) is 6.87. The van der Waals surface area contributed by atoms with Gasteiger partial charge in [-0.2, -0.15) is 0 Å². The summed E-state index contributed by atoms with van der Waals surface area (Å²) in [6.07, 6.45) is 4.96. The minimum atomic E-state index is 0.315. The van der Waals surface area contributed by atoms with Gasteiger partial charge in [0.05, 0.1) is 6.54 Å². The fraction of sp³-hybridized carbons (Fsp3) is 0.923. The van der Waals surface area contributed by atoms with E-state index < -0.39 is 0 Å². The summed E-state index contributed by atoms with van der Waals surface area (Å²) in [5, 5.41) is 3.46. The molecule has 2 aliphatic heterocycles. The molecule has 1 atom stereocenters. The molecule has 3 rings (SSSR count). The average Bonchev–Trinajstić information content (AvgIpc) is 2.96. The summed E-state index contributed by atoms with van der Waals surface area (Å²) in [5.74, 6) is 0.315. The fourth-order valence-corrected chi connectivity index (χ4v) is 3.27. The molecule has 4 heteroatoms. The lowest BCUT2D eigenvalue weighted by atomic mass is 9.87. The van der Waals surface area contributed by atoms with Gasteiger partial charge in [-0.3, -0.25) is 9.69 Å². The van der Waals surface area contributed by atoms with Crippen LogP contribution in [0.15, 0.2) is 0 Å². The van der Waals surface area contributed by atoms with Gasteiger partial charge in [-0.15, -0.1) is 0 Å². The Kier molecular flexibility index (Phi) is 2.87. The van der Waals surface area contributed by atoms with E-state index in [0.717, 1.165) is 26.2 Å². The Bertz CT molecular complexity index is 308. The highest BCUT2D eigenvalue weighted by molar-refractivity contribution is 5.78. The number of amides is 1. The number of likely N-dealkylation sites (N-methyl/N-ethyl adjacent to an activating group) is 1. The van der Waals surface area contributed by atoms with Crippen molar-refractivity contribution in [2.75, 3.05) is 39.8 Å². The second-order valence-electron chi connectivity index (χ2n) is 6.12. The predicted molar refractivity (Wildman–Crippen MR) is 66.8 cm³/mol. The molecule has 1 spiro atoms. The summed E-state index contributed by atoms with van der Waals surface area (Å²) in [6, 6.07) is 0.548. The summed E-state index contributed by atoms with van der Waals surface area (Å²) in [4.78, 5) is 16.4. The number of nitrogens with zero attached hydrogens (tertiary/aromatic N) is 2. The van der Waals surface area contributed by atoms with Gasteiger partial charge in [0.2, 0.25) is 5.91 Å². The van der Waals surface area contributed by atoms with Gasteiger partial charge in [0.1, 0.15) is 0 Å². The van der Waals surface area contributed by atoms with E-state index in [0.29, 0.717) is 23.9 Å². The van der Waals surface area contributed by atoms with Crippen LogP contribution in [0, 0.1) is 5.41 Å². The molecule has 0 bridgehead atoms. The SMILES string of the molecule is CN(C(=O)CN1CCC2(CCNC2)C1)C1CC1. The molecule has 0 aromatic carbocycles. The van der Waals surface area contributed by atoms with Crippen molar-refractivity contribution in [3.8, 4) is 0 Å². The van der Waals surface area contributed by atoms with Crippen LogP contribution < -0.4 is 5.32 Å². The lowest BCUT2D eigenvalue weighted by Gasteiger charge is -2.24. The molecule has 1 saturated carbocycles. The largest absolute Gasteiger partial charge is 0.342 e. The Hall–Kier alpha value is -0.610. The van der Waals surface area contributed by atoms with Crippen molar-refractivity contribution >= 4 is 5.91 Å². The number of nitrogens with one attached hydrogen (secondary N) is 1. The predicted octanol–water partition coefficient (Wildman–Crippen LogP) is 0.293. The quantitative estimate of drug-likeness (QED) is 0.766. The molecule has 0 aromatic rings. The first-order valence-corrected chi connectivity index (χ1v) is 6.87. The Morgan fingerprint density at radius 3 is 2.94 bits per heavy atom. The highest BCUT2D eigenvalue weighted by Gasteiger charge is 2.41. The summed E-state index contributed by atoms with van der Waals surface area (Å²) in [5.41, 5.74) is 0.485. The van der Waals surface area contributed by atoms with E-state index >= 15 is 0 Å². The molecule has 0 aromatic heterocycles. The Labute approximate surface area is 103 Å². The molecule has 3 aliphatic rings. The molecular formula is C13H23N3O. The van der Waals surface area contributed by atoms with E-state index in [2.05, 4.69) is 10.2 Å². The molecule has 0 radical (unpaired) electrons. The van der Waals surface area contributed by atoms with Crippen molar-refractivity contribution in [3.63, 3.8) is 0 Å². The first-order chi connectivity index (χ1) is 8.19. The maximum Gasteiger partial charge on any atom is 0.236 e. The molecule has 1 aliphatic carbocycles. The van der Waals surface area contributed by atoms with Crippen LogP contribution in [-0.4, -0.2) is 61.5 Å². The van der Waals surface area contributed by atoms with Crippen molar-refractivity contribution in [3.05, 3.63) is 0 Å². The molecule has 1 unspecified atom stereocenters. The zero-order valence-corrected chi connectivity index (χ0v) is 10.7. The topological polar surface area (TPSA) is 35.6 Å². The maximum atomic E-state index is 12.1. The minimum Gasteiger partial charge on any atom is -0.342 e. The van der Waals surface area contributed by atoms with Crippen LogP contribution in [0.5, 0.6) is 0 Å². The third-order valence-corrected chi connectivity index (χ3v) is 4.70. The second kappa shape index (κ2) is 4.25. The van der Waals surface area contributed by atoms with Crippen molar-refractivity contribution < 1.29 is 4.79 Å². The molecule has 4 nitrogen and oxygen atoms in total. The minimum absolute atomic E-state index is 0.315. The van der Waals surface area contributed by atoms with Crippen LogP contribution in [0.2, 0.25) is 0 Å². The van der Waals surface area contributed by atoms with Gasteiger partial charge >= 0.3 is 0 Å². The smallest absolute Gasteiger partial charge is 0.236 e. The Morgan fingerprint density at radius 2 is 2.29 bits per heavy atom. The molecule has 96 valence electrons. The first kappa shape index (κ1) is 11.5. The van der Waals surface area contributed by atoms with Gasteiger partial charge in [-0.1, -0.05) is 0 Å². The lowest BCUT2D eigenvalue weighted by molar-refractivity contribution is -0.131. The van der Waals surface area contributed by atoms with E-state index in [-0.39, 0.29) is 0 Å². The Morgan fingerprint density at radius 1 is 1.47 bits per heavy atom. The summed E-state index contributed by atoms with van der Waals surface area (Å²) in [6.45, 7) is 5.16. The van der Waals surface area contributed by atoms with Gasteiger partial charge in [-0.05, 0) is 44.2 Å². The number of hydrogen-bond acceptors (Lipinski definition) is 3. The van der Waals surface area contributed by atoms with Crippen molar-refractivity contribution in [1.82, 2.24) is 15.1 Å². The second-order valence-corrected chi connectivity index (χ2v) is 6.12. The number of carbonyl (C=O) groups is 1. The third kappa shape index (κ3) is 2.33. The van der Waals surface area contributed by atoms with Crippen LogP contribution in [0.4, 0.5) is 0 Å². The van der Waals surface area contributed by atoms with Crippen LogP contribution in [0.1, 0.15) is 25.7 Å². The van der Waals surface area contributed by atoms with Gasteiger partial charge in [-0.25, -0.2) is 0 Å². The normalized spacial score (nSPS) is 33.5. The maximum absolute atomic E-state index is 12.1.